The molecule has 0 spiro atoms. The van der Waals surface area contributed by atoms with Crippen LogP contribution < -0.4 is 15.4 Å². The summed E-state index contributed by atoms with van der Waals surface area (Å²) in [7, 11) is 0. The lowest BCUT2D eigenvalue weighted by atomic mass is 10.1. The van der Waals surface area contributed by atoms with Gasteiger partial charge in [0.1, 0.15) is 18.9 Å². The van der Waals surface area contributed by atoms with Crippen molar-refractivity contribution in [3.05, 3.63) is 114 Å². The third-order valence-corrected chi connectivity index (χ3v) is 4.89. The van der Waals surface area contributed by atoms with Crippen molar-refractivity contribution in [3.8, 4) is 5.75 Å². The molecule has 0 radical (unpaired) electrons. The molecule has 1 heterocycles. The fraction of sp³-hybridized carbons (Fsp3) is 0.115. The number of aromatic nitrogens is 2. The maximum Gasteiger partial charge on any atom is 0.251 e. The Morgan fingerprint density at radius 2 is 1.70 bits per heavy atom. The molecule has 0 saturated carbocycles. The highest BCUT2D eigenvalue weighted by atomic mass is 16.5. The molecule has 166 valence electrons. The first kappa shape index (κ1) is 21.8. The van der Waals surface area contributed by atoms with Crippen molar-refractivity contribution in [1.29, 1.82) is 0 Å². The number of ether oxygens (including phenoxy) is 1. The average molecular weight is 441 g/mol. The van der Waals surface area contributed by atoms with Gasteiger partial charge in [0.25, 0.3) is 5.91 Å². The summed E-state index contributed by atoms with van der Waals surface area (Å²) in [5.74, 6) is 0.467. The van der Waals surface area contributed by atoms with Crippen molar-refractivity contribution in [2.45, 2.75) is 19.7 Å². The van der Waals surface area contributed by atoms with Crippen LogP contribution in [0.5, 0.6) is 5.75 Å². The number of amides is 2. The van der Waals surface area contributed by atoms with E-state index in [1.54, 1.807) is 35.3 Å². The predicted octanol–water partition coefficient (Wildman–Crippen LogP) is 4.03. The average Bonchev–Trinajstić information content (AvgIpc) is 3.35. The lowest BCUT2D eigenvalue weighted by molar-refractivity contribution is -0.116. The molecule has 7 nitrogen and oxygen atoms in total. The molecular formula is C26H24N4O3. The van der Waals surface area contributed by atoms with E-state index in [0.29, 0.717) is 24.4 Å². The van der Waals surface area contributed by atoms with Crippen LogP contribution in [-0.2, 0) is 24.5 Å². The Hall–Kier alpha value is -4.39. The van der Waals surface area contributed by atoms with Crippen LogP contribution >= 0.6 is 0 Å². The van der Waals surface area contributed by atoms with E-state index in [2.05, 4.69) is 15.7 Å². The fourth-order valence-electron chi connectivity index (χ4n) is 3.22. The van der Waals surface area contributed by atoms with Crippen LogP contribution in [0.3, 0.4) is 0 Å². The molecule has 0 aliphatic rings. The third-order valence-electron chi connectivity index (χ3n) is 4.89. The van der Waals surface area contributed by atoms with Crippen molar-refractivity contribution >= 4 is 17.5 Å². The van der Waals surface area contributed by atoms with E-state index in [-0.39, 0.29) is 18.4 Å². The Kier molecular flexibility index (Phi) is 7.12. The molecule has 2 amide bonds. The Morgan fingerprint density at radius 1 is 0.879 bits per heavy atom. The smallest absolute Gasteiger partial charge is 0.251 e. The summed E-state index contributed by atoms with van der Waals surface area (Å²) in [5.41, 5.74) is 3.10. The summed E-state index contributed by atoms with van der Waals surface area (Å²) in [4.78, 5) is 24.7. The monoisotopic (exact) mass is 440 g/mol. The number of rotatable bonds is 9. The SMILES string of the molecule is O=C(Cn1cccn1)Nc1cccc(CNC(=O)c2ccc(COc3ccccc3)cc2)c1. The number of hydrogen-bond acceptors (Lipinski definition) is 4. The molecule has 4 aromatic rings. The van der Waals surface area contributed by atoms with Crippen LogP contribution in [0.25, 0.3) is 0 Å². The first-order valence-electron chi connectivity index (χ1n) is 10.6. The standard InChI is InChI=1S/C26H24N4O3/c31-25(18-30-15-5-14-28-30)29-23-7-4-6-21(16-23)17-27-26(32)22-12-10-20(11-13-22)19-33-24-8-2-1-3-9-24/h1-16H,17-19H2,(H,27,32)(H,29,31). The summed E-state index contributed by atoms with van der Waals surface area (Å²) >= 11 is 0. The maximum absolute atomic E-state index is 12.5. The highest BCUT2D eigenvalue weighted by Crippen LogP contribution is 2.13. The molecule has 0 aliphatic heterocycles. The normalized spacial score (nSPS) is 10.4. The molecule has 0 fully saturated rings. The predicted molar refractivity (Wildman–Crippen MR) is 126 cm³/mol. The molecule has 4 rings (SSSR count). The molecule has 1 aromatic heterocycles. The van der Waals surface area contributed by atoms with Gasteiger partial charge in [-0.3, -0.25) is 14.3 Å². The van der Waals surface area contributed by atoms with Gasteiger partial charge in [-0.25, -0.2) is 0 Å². The zero-order valence-electron chi connectivity index (χ0n) is 18.0. The van der Waals surface area contributed by atoms with Crippen LogP contribution in [0.1, 0.15) is 21.5 Å². The second-order valence-electron chi connectivity index (χ2n) is 7.43. The second-order valence-corrected chi connectivity index (χ2v) is 7.43. The van der Waals surface area contributed by atoms with Gasteiger partial charge < -0.3 is 15.4 Å². The number of nitrogens with one attached hydrogen (secondary N) is 2. The minimum Gasteiger partial charge on any atom is -0.489 e. The van der Waals surface area contributed by atoms with Crippen LogP contribution in [0.15, 0.2) is 97.3 Å². The van der Waals surface area contributed by atoms with Gasteiger partial charge in [-0.1, -0.05) is 42.5 Å². The minimum absolute atomic E-state index is 0.139. The van der Waals surface area contributed by atoms with Gasteiger partial charge in [-0.2, -0.15) is 5.10 Å². The molecule has 33 heavy (non-hydrogen) atoms. The number of carbonyl (C=O) groups is 2. The summed E-state index contributed by atoms with van der Waals surface area (Å²) in [6.07, 6.45) is 3.36. The summed E-state index contributed by atoms with van der Waals surface area (Å²) < 4.78 is 7.28. The van der Waals surface area contributed by atoms with E-state index in [0.717, 1.165) is 16.9 Å². The molecule has 0 bridgehead atoms. The maximum atomic E-state index is 12.5. The Morgan fingerprint density at radius 3 is 2.45 bits per heavy atom. The van der Waals surface area contributed by atoms with Gasteiger partial charge >= 0.3 is 0 Å². The first-order chi connectivity index (χ1) is 16.2. The zero-order valence-corrected chi connectivity index (χ0v) is 18.0. The van der Waals surface area contributed by atoms with E-state index >= 15 is 0 Å². The van der Waals surface area contributed by atoms with Crippen LogP contribution in [-0.4, -0.2) is 21.6 Å². The van der Waals surface area contributed by atoms with E-state index < -0.39 is 0 Å². The molecule has 7 heteroatoms. The highest BCUT2D eigenvalue weighted by molar-refractivity contribution is 5.94. The van der Waals surface area contributed by atoms with Gasteiger partial charge in [0.15, 0.2) is 0 Å². The van der Waals surface area contributed by atoms with Gasteiger partial charge in [0.2, 0.25) is 5.91 Å². The number of carbonyl (C=O) groups excluding carboxylic acids is 2. The molecular weight excluding hydrogens is 416 g/mol. The lowest BCUT2D eigenvalue weighted by Crippen LogP contribution is -2.23. The van der Waals surface area contributed by atoms with Crippen molar-refractivity contribution in [2.75, 3.05) is 5.32 Å². The van der Waals surface area contributed by atoms with Gasteiger partial charge in [-0.15, -0.1) is 0 Å². The zero-order chi connectivity index (χ0) is 22.9. The van der Waals surface area contributed by atoms with Gasteiger partial charge in [-0.05, 0) is 53.6 Å². The van der Waals surface area contributed by atoms with E-state index in [1.807, 2.05) is 66.7 Å². The van der Waals surface area contributed by atoms with Crippen molar-refractivity contribution in [3.63, 3.8) is 0 Å². The molecule has 0 saturated heterocycles. The van der Waals surface area contributed by atoms with E-state index in [4.69, 9.17) is 4.74 Å². The van der Waals surface area contributed by atoms with E-state index in [1.165, 1.54) is 0 Å². The molecule has 2 N–H and O–H groups in total. The number of anilines is 1. The molecule has 3 aromatic carbocycles. The van der Waals surface area contributed by atoms with Crippen molar-refractivity contribution < 1.29 is 14.3 Å². The topological polar surface area (TPSA) is 85.3 Å². The molecule has 0 unspecified atom stereocenters. The Labute approximate surface area is 192 Å². The Bertz CT molecular complexity index is 1190. The lowest BCUT2D eigenvalue weighted by Gasteiger charge is -2.10. The number of benzene rings is 3. The van der Waals surface area contributed by atoms with Crippen LogP contribution in [0.2, 0.25) is 0 Å². The first-order valence-corrected chi connectivity index (χ1v) is 10.6. The van der Waals surface area contributed by atoms with Crippen LogP contribution in [0, 0.1) is 0 Å². The fourth-order valence-corrected chi connectivity index (χ4v) is 3.22. The van der Waals surface area contributed by atoms with Crippen LogP contribution in [0.4, 0.5) is 5.69 Å². The molecule has 0 atom stereocenters. The molecule has 0 aliphatic carbocycles. The van der Waals surface area contributed by atoms with Gasteiger partial charge in [0.05, 0.1) is 0 Å². The minimum atomic E-state index is -0.170. The summed E-state index contributed by atoms with van der Waals surface area (Å²) in [6, 6.07) is 26.1. The number of nitrogens with zero attached hydrogens (tertiary/aromatic N) is 2. The van der Waals surface area contributed by atoms with Gasteiger partial charge in [0, 0.05) is 30.2 Å². The largest absolute Gasteiger partial charge is 0.489 e. The summed E-state index contributed by atoms with van der Waals surface area (Å²) in [6.45, 7) is 0.922. The highest BCUT2D eigenvalue weighted by Gasteiger charge is 2.08. The summed E-state index contributed by atoms with van der Waals surface area (Å²) in [5, 5.41) is 9.78. The Balaban J connectivity index is 1.26. The van der Waals surface area contributed by atoms with Crippen molar-refractivity contribution in [2.24, 2.45) is 0 Å². The third kappa shape index (κ3) is 6.54. The number of para-hydroxylation sites is 1. The van der Waals surface area contributed by atoms with Crippen molar-refractivity contribution in [1.82, 2.24) is 15.1 Å². The second kappa shape index (κ2) is 10.8. The number of hydrogen-bond donors (Lipinski definition) is 2. The van der Waals surface area contributed by atoms with E-state index in [9.17, 15) is 9.59 Å². The quantitative estimate of drug-likeness (QED) is 0.412.